The second-order valence-electron chi connectivity index (χ2n) is 4.02. The molecule has 0 aliphatic rings. The predicted octanol–water partition coefficient (Wildman–Crippen LogP) is 5.68. The minimum absolute atomic E-state index is 0. The van der Waals surface area contributed by atoms with Crippen LogP contribution in [0.15, 0.2) is 19.5 Å². The van der Waals surface area contributed by atoms with Gasteiger partial charge in [0, 0.05) is 16.1 Å². The maximum Gasteiger partial charge on any atom is 0.144 e. The zero-order valence-electron chi connectivity index (χ0n) is 10.0. The molecule has 0 heterocycles. The van der Waals surface area contributed by atoms with Gasteiger partial charge in [0.2, 0.25) is 0 Å². The number of benzene rings is 1. The largest absolute Gasteiger partial charge is 0.506 e. The lowest BCUT2D eigenvalue weighted by Crippen LogP contribution is -2.11. The maximum absolute atomic E-state index is 9.86. The quantitative estimate of drug-likeness (QED) is 0.549. The first-order valence-electron chi connectivity index (χ1n) is 5.61. The first-order valence-corrected chi connectivity index (χ1v) is 7.98. The molecule has 0 saturated heterocycles. The highest BCUT2D eigenvalue weighted by atomic mass is 79.9. The maximum atomic E-state index is 9.86. The zero-order chi connectivity index (χ0) is 13.0. The Morgan fingerprint density at radius 1 is 1.22 bits per heavy atom. The monoisotopic (exact) mass is 463 g/mol. The molecule has 1 aromatic carbocycles. The smallest absolute Gasteiger partial charge is 0.144 e. The summed E-state index contributed by atoms with van der Waals surface area (Å²) in [6, 6.07) is 1.76. The summed E-state index contributed by atoms with van der Waals surface area (Å²) in [5.74, 6) is 0.203. The highest BCUT2D eigenvalue weighted by molar-refractivity contribution is 9.11. The number of rotatable bonds is 5. The molecule has 2 nitrogen and oxygen atoms in total. The van der Waals surface area contributed by atoms with Crippen LogP contribution in [0.3, 0.4) is 0 Å². The van der Waals surface area contributed by atoms with E-state index < -0.39 is 0 Å². The van der Waals surface area contributed by atoms with Crippen molar-refractivity contribution in [2.75, 3.05) is 0 Å². The first-order chi connectivity index (χ1) is 7.99. The summed E-state index contributed by atoms with van der Waals surface area (Å²) in [5.41, 5.74) is 7.10. The number of unbranched alkanes of at least 4 members (excludes halogenated alkanes) is 2. The van der Waals surface area contributed by atoms with E-state index in [0.717, 1.165) is 22.9 Å². The third-order valence-electron chi connectivity index (χ3n) is 2.67. The molecule has 3 N–H and O–H groups in total. The van der Waals surface area contributed by atoms with E-state index in [1.807, 2.05) is 6.07 Å². The molecule has 104 valence electrons. The summed E-state index contributed by atoms with van der Waals surface area (Å²) in [5, 5.41) is 9.86. The minimum Gasteiger partial charge on any atom is -0.506 e. The van der Waals surface area contributed by atoms with Crippen LogP contribution in [-0.4, -0.2) is 5.11 Å². The molecular weight excluding hydrogens is 449 g/mol. The molecule has 0 aliphatic carbocycles. The molecule has 0 radical (unpaired) electrons. The molecular formula is C12H17Br3ClNO. The molecule has 0 aliphatic heterocycles. The molecule has 6 heteroatoms. The Kier molecular flexibility index (Phi) is 9.14. The van der Waals surface area contributed by atoms with Crippen LogP contribution >= 0.6 is 60.2 Å². The third-order valence-corrected chi connectivity index (χ3v) is 4.73. The lowest BCUT2D eigenvalue weighted by molar-refractivity contribution is 0.465. The van der Waals surface area contributed by atoms with Crippen LogP contribution in [0.1, 0.15) is 44.2 Å². The lowest BCUT2D eigenvalue weighted by atomic mass is 10.0. The summed E-state index contributed by atoms with van der Waals surface area (Å²) in [4.78, 5) is 0. The van der Waals surface area contributed by atoms with Gasteiger partial charge in [-0.1, -0.05) is 42.1 Å². The molecule has 0 spiro atoms. The van der Waals surface area contributed by atoms with Crippen molar-refractivity contribution in [3.8, 4) is 5.75 Å². The SMILES string of the molecule is CCCCC[C@H](N)c1c(Br)cc(Br)c(O)c1Br.Cl. The van der Waals surface area contributed by atoms with Crippen LogP contribution in [0.25, 0.3) is 0 Å². The standard InChI is InChI=1S/C12H16Br3NO.ClH/c1-2-3-4-5-9(16)10-7(13)6-8(14)12(17)11(10)15;/h6,9,17H,2-5,16H2,1H3;1H/t9-;/m0./s1. The topological polar surface area (TPSA) is 46.2 Å². The van der Waals surface area contributed by atoms with E-state index in [1.54, 1.807) is 0 Å². The Morgan fingerprint density at radius 2 is 1.83 bits per heavy atom. The van der Waals surface area contributed by atoms with Crippen molar-refractivity contribution >= 4 is 60.2 Å². The van der Waals surface area contributed by atoms with Gasteiger partial charge in [0.25, 0.3) is 0 Å². The van der Waals surface area contributed by atoms with E-state index in [0.29, 0.717) is 8.95 Å². The number of phenols is 1. The second kappa shape index (κ2) is 8.80. The molecule has 1 aromatic rings. The van der Waals surface area contributed by atoms with Crippen molar-refractivity contribution in [2.45, 2.75) is 38.6 Å². The van der Waals surface area contributed by atoms with Crippen molar-refractivity contribution < 1.29 is 5.11 Å². The zero-order valence-corrected chi connectivity index (χ0v) is 15.6. The van der Waals surface area contributed by atoms with Gasteiger partial charge >= 0.3 is 0 Å². The number of hydrogen-bond acceptors (Lipinski definition) is 2. The van der Waals surface area contributed by atoms with Crippen LogP contribution in [-0.2, 0) is 0 Å². The molecule has 0 fully saturated rings. The highest BCUT2D eigenvalue weighted by Crippen LogP contribution is 2.42. The average molecular weight is 466 g/mol. The molecule has 0 saturated carbocycles. The van der Waals surface area contributed by atoms with E-state index in [-0.39, 0.29) is 24.2 Å². The van der Waals surface area contributed by atoms with Crippen molar-refractivity contribution in [2.24, 2.45) is 5.73 Å². The molecule has 18 heavy (non-hydrogen) atoms. The fraction of sp³-hybridized carbons (Fsp3) is 0.500. The van der Waals surface area contributed by atoms with Gasteiger partial charge in [0.15, 0.2) is 0 Å². The summed E-state index contributed by atoms with van der Waals surface area (Å²) in [7, 11) is 0. The Morgan fingerprint density at radius 3 is 2.39 bits per heavy atom. The van der Waals surface area contributed by atoms with Gasteiger partial charge in [-0.2, -0.15) is 0 Å². The van der Waals surface area contributed by atoms with E-state index >= 15 is 0 Å². The Hall–Kier alpha value is 0.710. The molecule has 0 bridgehead atoms. The molecule has 1 rings (SSSR count). The van der Waals surface area contributed by atoms with E-state index in [9.17, 15) is 5.11 Å². The van der Waals surface area contributed by atoms with Crippen LogP contribution < -0.4 is 5.73 Å². The number of hydrogen-bond donors (Lipinski definition) is 2. The van der Waals surface area contributed by atoms with Crippen molar-refractivity contribution in [1.82, 2.24) is 0 Å². The number of phenolic OH excluding ortho intramolecular Hbond substituents is 1. The fourth-order valence-electron chi connectivity index (χ4n) is 1.69. The number of aromatic hydroxyl groups is 1. The van der Waals surface area contributed by atoms with Crippen LogP contribution in [0.4, 0.5) is 0 Å². The highest BCUT2D eigenvalue weighted by Gasteiger charge is 2.18. The lowest BCUT2D eigenvalue weighted by Gasteiger charge is -2.17. The van der Waals surface area contributed by atoms with E-state index in [4.69, 9.17) is 5.73 Å². The Balaban J connectivity index is 0.00000289. The van der Waals surface area contributed by atoms with Crippen molar-refractivity contribution in [3.05, 3.63) is 25.0 Å². The average Bonchev–Trinajstić information content (AvgIpc) is 2.26. The number of nitrogens with two attached hydrogens (primary N) is 1. The molecule has 0 unspecified atom stereocenters. The summed E-state index contributed by atoms with van der Waals surface area (Å²) in [6.45, 7) is 2.17. The molecule has 1 atom stereocenters. The van der Waals surface area contributed by atoms with Gasteiger partial charge in [-0.25, -0.2) is 0 Å². The van der Waals surface area contributed by atoms with Crippen LogP contribution in [0, 0.1) is 0 Å². The van der Waals surface area contributed by atoms with Gasteiger partial charge in [-0.3, -0.25) is 0 Å². The van der Waals surface area contributed by atoms with Crippen molar-refractivity contribution in [1.29, 1.82) is 0 Å². The first kappa shape index (κ1) is 18.7. The normalized spacial score (nSPS) is 12.1. The van der Waals surface area contributed by atoms with Gasteiger partial charge in [-0.15, -0.1) is 12.4 Å². The van der Waals surface area contributed by atoms with Crippen LogP contribution in [0.5, 0.6) is 5.75 Å². The van der Waals surface area contributed by atoms with E-state index in [2.05, 4.69) is 54.7 Å². The summed E-state index contributed by atoms with van der Waals surface area (Å²) < 4.78 is 2.24. The van der Waals surface area contributed by atoms with Gasteiger partial charge in [0.1, 0.15) is 5.75 Å². The predicted molar refractivity (Wildman–Crippen MR) is 89.5 cm³/mol. The minimum atomic E-state index is -0.0655. The third kappa shape index (κ3) is 4.67. The molecule has 0 aromatic heterocycles. The number of halogens is 4. The summed E-state index contributed by atoms with van der Waals surface area (Å²) >= 11 is 10.2. The Bertz CT molecular complexity index is 401. The van der Waals surface area contributed by atoms with Crippen LogP contribution in [0.2, 0.25) is 0 Å². The van der Waals surface area contributed by atoms with Gasteiger partial charge in [0.05, 0.1) is 8.95 Å². The van der Waals surface area contributed by atoms with Gasteiger partial charge < -0.3 is 10.8 Å². The second-order valence-corrected chi connectivity index (χ2v) is 6.52. The summed E-state index contributed by atoms with van der Waals surface area (Å²) in [6.07, 6.45) is 4.39. The van der Waals surface area contributed by atoms with Gasteiger partial charge in [-0.05, 0) is 44.3 Å². The molecule has 0 amide bonds. The fourth-order valence-corrected chi connectivity index (χ4v) is 4.40. The van der Waals surface area contributed by atoms with E-state index in [1.165, 1.54) is 12.8 Å². The van der Waals surface area contributed by atoms with Crippen molar-refractivity contribution in [3.63, 3.8) is 0 Å². The Labute approximate surface area is 140 Å².